The predicted octanol–water partition coefficient (Wildman–Crippen LogP) is 3.90. The van der Waals surface area contributed by atoms with E-state index in [0.29, 0.717) is 0 Å². The standard InChI is InChI=1S/C20H41N.C2H4O2/c1-3-5-7-8-9-10-11-12-14-18-21-19-15-13-17-20(21)16-6-4-2;1-2(3)4/h20H,3-19H2,1-2H3;1H3,(H,3,4). The Hall–Kier alpha value is -0.570. The number of carboxylic acids is 1. The van der Waals surface area contributed by atoms with Crippen LogP contribution in [-0.4, -0.2) is 25.1 Å². The number of unbranched alkanes of at least 4 members (excludes halogenated alkanes) is 9. The van der Waals surface area contributed by atoms with Gasteiger partial charge >= 0.3 is 0 Å². The van der Waals surface area contributed by atoms with E-state index >= 15 is 0 Å². The minimum Gasteiger partial charge on any atom is -0.550 e. The summed E-state index contributed by atoms with van der Waals surface area (Å²) in [6.45, 7) is 8.54. The molecule has 0 saturated carbocycles. The summed E-state index contributed by atoms with van der Waals surface area (Å²) in [5.41, 5.74) is 0. The lowest BCUT2D eigenvalue weighted by molar-refractivity contribution is -0.931. The summed E-state index contributed by atoms with van der Waals surface area (Å²) in [5.74, 6) is -1.08. The first-order chi connectivity index (χ1) is 12.1. The van der Waals surface area contributed by atoms with Gasteiger partial charge in [-0.2, -0.15) is 0 Å². The summed E-state index contributed by atoms with van der Waals surface area (Å²) in [4.78, 5) is 10.8. The van der Waals surface area contributed by atoms with Gasteiger partial charge in [0.15, 0.2) is 0 Å². The minimum absolute atomic E-state index is 0.972. The van der Waals surface area contributed by atoms with Crippen LogP contribution in [-0.2, 0) is 4.79 Å². The molecule has 2 unspecified atom stereocenters. The van der Waals surface area contributed by atoms with Crippen LogP contribution in [0.4, 0.5) is 0 Å². The van der Waals surface area contributed by atoms with Gasteiger partial charge in [-0.1, -0.05) is 65.2 Å². The molecule has 0 radical (unpaired) electrons. The molecule has 25 heavy (non-hydrogen) atoms. The summed E-state index contributed by atoms with van der Waals surface area (Å²) < 4.78 is 0. The Balaban J connectivity index is 0.00000129. The lowest BCUT2D eigenvalue weighted by Gasteiger charge is -2.32. The van der Waals surface area contributed by atoms with E-state index in [4.69, 9.17) is 9.90 Å². The van der Waals surface area contributed by atoms with Crippen molar-refractivity contribution in [3.63, 3.8) is 0 Å². The third-order valence-corrected chi connectivity index (χ3v) is 5.39. The molecule has 1 aliphatic heterocycles. The number of piperidine rings is 1. The smallest absolute Gasteiger partial charge is 0.0874 e. The average Bonchev–Trinajstić information content (AvgIpc) is 2.59. The second-order valence-corrected chi connectivity index (χ2v) is 7.81. The SMILES string of the molecule is CC(=O)[O-].CCCCCCCCCCC[NH+]1CCCCC1CCCC. The zero-order chi connectivity index (χ0) is 18.8. The summed E-state index contributed by atoms with van der Waals surface area (Å²) >= 11 is 0. The molecule has 0 aromatic rings. The zero-order valence-corrected chi connectivity index (χ0v) is 17.4. The van der Waals surface area contributed by atoms with Crippen LogP contribution in [0.3, 0.4) is 0 Å². The lowest BCUT2D eigenvalue weighted by Crippen LogP contribution is -3.16. The summed E-state index contributed by atoms with van der Waals surface area (Å²) in [7, 11) is 0. The number of carbonyl (C=O) groups excluding carboxylic acids is 1. The molecular weight excluding hydrogens is 310 g/mol. The van der Waals surface area contributed by atoms with E-state index in [1.807, 2.05) is 4.90 Å². The Morgan fingerprint density at radius 3 is 1.96 bits per heavy atom. The van der Waals surface area contributed by atoms with E-state index in [1.54, 1.807) is 0 Å². The molecule has 0 aliphatic carbocycles. The van der Waals surface area contributed by atoms with Gasteiger partial charge in [-0.25, -0.2) is 0 Å². The van der Waals surface area contributed by atoms with Crippen molar-refractivity contribution in [2.75, 3.05) is 13.1 Å². The second kappa shape index (κ2) is 18.2. The van der Waals surface area contributed by atoms with Crippen LogP contribution in [0, 0.1) is 0 Å². The summed E-state index contributed by atoms with van der Waals surface area (Å²) in [6.07, 6.45) is 22.0. The predicted molar refractivity (Wildman–Crippen MR) is 106 cm³/mol. The van der Waals surface area contributed by atoms with E-state index < -0.39 is 5.97 Å². The van der Waals surface area contributed by atoms with Gasteiger partial charge < -0.3 is 14.8 Å². The van der Waals surface area contributed by atoms with Crippen molar-refractivity contribution in [2.24, 2.45) is 0 Å². The van der Waals surface area contributed by atoms with E-state index in [1.165, 1.54) is 109 Å². The molecule has 150 valence electrons. The van der Waals surface area contributed by atoms with Crippen molar-refractivity contribution in [1.82, 2.24) is 0 Å². The van der Waals surface area contributed by atoms with Crippen LogP contribution >= 0.6 is 0 Å². The molecule has 1 heterocycles. The van der Waals surface area contributed by atoms with Gasteiger partial charge in [-0.15, -0.1) is 0 Å². The molecule has 2 atom stereocenters. The topological polar surface area (TPSA) is 44.6 Å². The third kappa shape index (κ3) is 16.6. The number of nitrogens with one attached hydrogen (secondary N) is 1. The third-order valence-electron chi connectivity index (χ3n) is 5.39. The van der Waals surface area contributed by atoms with E-state index in [9.17, 15) is 0 Å². The molecule has 3 heteroatoms. The van der Waals surface area contributed by atoms with Gasteiger partial charge in [0.1, 0.15) is 0 Å². The van der Waals surface area contributed by atoms with Crippen LogP contribution in [0.15, 0.2) is 0 Å². The molecule has 1 fully saturated rings. The number of carbonyl (C=O) groups is 1. The molecule has 1 N–H and O–H groups in total. The van der Waals surface area contributed by atoms with E-state index in [-0.39, 0.29) is 0 Å². The lowest BCUT2D eigenvalue weighted by atomic mass is 9.97. The van der Waals surface area contributed by atoms with Crippen LogP contribution in [0.2, 0.25) is 0 Å². The quantitative estimate of drug-likeness (QED) is 0.509. The Kier molecular flexibility index (Phi) is 17.8. The first-order valence-electron chi connectivity index (χ1n) is 11.1. The number of likely N-dealkylation sites (tertiary alicyclic amines) is 1. The normalized spacial score (nSPS) is 20.0. The van der Waals surface area contributed by atoms with Crippen molar-refractivity contribution in [3.8, 4) is 0 Å². The maximum atomic E-state index is 8.89. The van der Waals surface area contributed by atoms with Crippen molar-refractivity contribution in [3.05, 3.63) is 0 Å². The van der Waals surface area contributed by atoms with Gasteiger partial charge in [0, 0.05) is 5.97 Å². The molecule has 0 amide bonds. The molecular formula is C22H45NO2. The Bertz CT molecular complexity index is 290. The molecule has 3 nitrogen and oxygen atoms in total. The van der Waals surface area contributed by atoms with Crippen LogP contribution in [0.1, 0.15) is 117 Å². The highest BCUT2D eigenvalue weighted by atomic mass is 16.4. The molecule has 1 rings (SSSR count). The van der Waals surface area contributed by atoms with Crippen molar-refractivity contribution < 1.29 is 14.8 Å². The number of quaternary nitrogens is 1. The highest BCUT2D eigenvalue weighted by molar-refractivity contribution is 5.60. The number of rotatable bonds is 13. The maximum Gasteiger partial charge on any atom is 0.0874 e. The monoisotopic (exact) mass is 355 g/mol. The van der Waals surface area contributed by atoms with E-state index in [2.05, 4.69) is 13.8 Å². The molecule has 0 spiro atoms. The van der Waals surface area contributed by atoms with Crippen molar-refractivity contribution in [2.45, 2.75) is 123 Å². The zero-order valence-electron chi connectivity index (χ0n) is 17.4. The van der Waals surface area contributed by atoms with Crippen LogP contribution in [0.5, 0.6) is 0 Å². The number of aliphatic carboxylic acids is 1. The molecule has 0 aromatic carbocycles. The summed E-state index contributed by atoms with van der Waals surface area (Å²) in [5, 5.41) is 8.89. The van der Waals surface area contributed by atoms with Gasteiger partial charge in [-0.05, 0) is 51.9 Å². The first kappa shape index (κ1) is 24.4. The van der Waals surface area contributed by atoms with Crippen LogP contribution in [0.25, 0.3) is 0 Å². The highest BCUT2D eigenvalue weighted by Gasteiger charge is 2.24. The summed E-state index contributed by atoms with van der Waals surface area (Å²) in [6, 6.07) is 1.01. The second-order valence-electron chi connectivity index (χ2n) is 7.81. The Morgan fingerprint density at radius 1 is 0.880 bits per heavy atom. The fraction of sp³-hybridized carbons (Fsp3) is 0.955. The van der Waals surface area contributed by atoms with Gasteiger partial charge in [0.2, 0.25) is 0 Å². The first-order valence-corrected chi connectivity index (χ1v) is 11.1. The van der Waals surface area contributed by atoms with E-state index in [0.717, 1.165) is 13.0 Å². The molecule has 1 aliphatic rings. The van der Waals surface area contributed by atoms with Crippen molar-refractivity contribution in [1.29, 1.82) is 0 Å². The van der Waals surface area contributed by atoms with Gasteiger partial charge in [0.25, 0.3) is 0 Å². The van der Waals surface area contributed by atoms with Gasteiger partial charge in [-0.3, -0.25) is 0 Å². The van der Waals surface area contributed by atoms with Crippen molar-refractivity contribution >= 4 is 5.97 Å². The Morgan fingerprint density at radius 2 is 1.40 bits per heavy atom. The highest BCUT2D eigenvalue weighted by Crippen LogP contribution is 2.11. The molecule has 0 aromatic heterocycles. The Labute approximate surface area is 157 Å². The number of carboxylic acid groups (broad SMARTS) is 1. The molecule has 1 saturated heterocycles. The van der Waals surface area contributed by atoms with Gasteiger partial charge in [0.05, 0.1) is 19.1 Å². The molecule has 0 bridgehead atoms. The van der Waals surface area contributed by atoms with Crippen LogP contribution < -0.4 is 10.0 Å². The minimum atomic E-state index is -1.08. The maximum absolute atomic E-state index is 8.89. The fourth-order valence-electron chi connectivity index (χ4n) is 3.94. The fourth-order valence-corrected chi connectivity index (χ4v) is 3.94. The number of hydrogen-bond acceptors (Lipinski definition) is 2. The average molecular weight is 356 g/mol. The largest absolute Gasteiger partial charge is 0.550 e. The number of hydrogen-bond donors (Lipinski definition) is 1.